The van der Waals surface area contributed by atoms with Gasteiger partial charge >= 0.3 is 0 Å². The van der Waals surface area contributed by atoms with Crippen LogP contribution in [0.2, 0.25) is 0 Å². The van der Waals surface area contributed by atoms with E-state index in [0.29, 0.717) is 11.8 Å². The lowest BCUT2D eigenvalue weighted by Gasteiger charge is -2.25. The van der Waals surface area contributed by atoms with Crippen LogP contribution in [0.15, 0.2) is 12.7 Å². The van der Waals surface area contributed by atoms with Gasteiger partial charge in [0.15, 0.2) is 11.5 Å². The largest absolute Gasteiger partial charge is 0.378 e. The van der Waals surface area contributed by atoms with Gasteiger partial charge in [0, 0.05) is 20.2 Å². The third-order valence-electron chi connectivity index (χ3n) is 3.63. The van der Waals surface area contributed by atoms with Crippen LogP contribution in [0.3, 0.4) is 0 Å². The van der Waals surface area contributed by atoms with Crippen LogP contribution in [0.25, 0.3) is 11.2 Å². The van der Waals surface area contributed by atoms with Crippen molar-refractivity contribution < 1.29 is 4.74 Å². The second kappa shape index (κ2) is 5.52. The topological polar surface area (TPSA) is 66.9 Å². The summed E-state index contributed by atoms with van der Waals surface area (Å²) in [5, 5.41) is 0. The highest BCUT2D eigenvalue weighted by Gasteiger charge is 2.16. The van der Waals surface area contributed by atoms with Crippen LogP contribution in [0, 0.1) is 0 Å². The van der Waals surface area contributed by atoms with Crippen molar-refractivity contribution in [2.24, 2.45) is 0 Å². The SMILES string of the molecule is CN(CCC1CCCCO1)c1ncnc2nc[nH]c12. The van der Waals surface area contributed by atoms with Gasteiger partial charge in [-0.15, -0.1) is 0 Å². The van der Waals surface area contributed by atoms with Crippen molar-refractivity contribution in [3.63, 3.8) is 0 Å². The van der Waals surface area contributed by atoms with Gasteiger partial charge in [-0.3, -0.25) is 0 Å². The molecule has 102 valence electrons. The fourth-order valence-corrected chi connectivity index (χ4v) is 2.52. The molecule has 6 nitrogen and oxygen atoms in total. The monoisotopic (exact) mass is 261 g/mol. The predicted molar refractivity (Wildman–Crippen MR) is 73.2 cm³/mol. The summed E-state index contributed by atoms with van der Waals surface area (Å²) in [4.78, 5) is 17.9. The number of H-pyrrole nitrogens is 1. The Morgan fingerprint density at radius 3 is 3.16 bits per heavy atom. The Kier molecular flexibility index (Phi) is 3.59. The van der Waals surface area contributed by atoms with Crippen LogP contribution in [0.4, 0.5) is 5.82 Å². The first-order chi connectivity index (χ1) is 9.34. The molecule has 1 fully saturated rings. The van der Waals surface area contributed by atoms with Crippen LogP contribution in [0.1, 0.15) is 25.7 Å². The number of aromatic amines is 1. The summed E-state index contributed by atoms with van der Waals surface area (Å²) < 4.78 is 5.76. The number of nitrogens with zero attached hydrogens (tertiary/aromatic N) is 4. The molecule has 0 aliphatic carbocycles. The number of imidazole rings is 1. The first kappa shape index (κ1) is 12.3. The maximum atomic E-state index is 5.76. The van der Waals surface area contributed by atoms with Gasteiger partial charge in [-0.2, -0.15) is 0 Å². The van der Waals surface area contributed by atoms with Gasteiger partial charge in [0.25, 0.3) is 0 Å². The van der Waals surface area contributed by atoms with Crippen LogP contribution < -0.4 is 4.90 Å². The van der Waals surface area contributed by atoms with E-state index in [1.807, 2.05) is 7.05 Å². The maximum Gasteiger partial charge on any atom is 0.182 e. The van der Waals surface area contributed by atoms with E-state index in [4.69, 9.17) is 4.74 Å². The van der Waals surface area contributed by atoms with Crippen molar-refractivity contribution in [1.82, 2.24) is 19.9 Å². The molecule has 6 heteroatoms. The number of hydrogen-bond acceptors (Lipinski definition) is 5. The fourth-order valence-electron chi connectivity index (χ4n) is 2.52. The lowest BCUT2D eigenvalue weighted by Crippen LogP contribution is -2.27. The van der Waals surface area contributed by atoms with Gasteiger partial charge < -0.3 is 14.6 Å². The van der Waals surface area contributed by atoms with E-state index in [0.717, 1.165) is 30.9 Å². The Morgan fingerprint density at radius 1 is 1.37 bits per heavy atom. The number of ether oxygens (including phenoxy) is 1. The lowest BCUT2D eigenvalue weighted by molar-refractivity contribution is 0.0127. The molecule has 2 aromatic rings. The summed E-state index contributed by atoms with van der Waals surface area (Å²) in [7, 11) is 2.05. The van der Waals surface area contributed by atoms with E-state index in [-0.39, 0.29) is 0 Å². The highest BCUT2D eigenvalue weighted by Crippen LogP contribution is 2.20. The van der Waals surface area contributed by atoms with Gasteiger partial charge in [-0.1, -0.05) is 0 Å². The summed E-state index contributed by atoms with van der Waals surface area (Å²) in [6.45, 7) is 1.84. The lowest BCUT2D eigenvalue weighted by atomic mass is 10.1. The van der Waals surface area contributed by atoms with Crippen molar-refractivity contribution in [2.45, 2.75) is 31.8 Å². The van der Waals surface area contributed by atoms with Gasteiger partial charge in [-0.25, -0.2) is 15.0 Å². The molecule has 1 unspecified atom stereocenters. The van der Waals surface area contributed by atoms with Crippen LogP contribution in [0.5, 0.6) is 0 Å². The second-order valence-electron chi connectivity index (χ2n) is 5.00. The summed E-state index contributed by atoms with van der Waals surface area (Å²) >= 11 is 0. The standard InChI is InChI=1S/C13H19N5O/c1-18(6-5-10-4-2-3-7-19-10)13-11-12(15-8-14-11)16-9-17-13/h8-10H,2-7H2,1H3,(H,14,15,16,17). The molecule has 0 amide bonds. The Morgan fingerprint density at radius 2 is 2.32 bits per heavy atom. The van der Waals surface area contributed by atoms with E-state index in [2.05, 4.69) is 24.8 Å². The minimum atomic E-state index is 0.398. The smallest absolute Gasteiger partial charge is 0.182 e. The number of anilines is 1. The molecular weight excluding hydrogens is 242 g/mol. The van der Waals surface area contributed by atoms with E-state index in [9.17, 15) is 0 Å². The number of aromatic nitrogens is 4. The summed E-state index contributed by atoms with van der Waals surface area (Å²) in [6.07, 6.45) is 8.32. The molecule has 1 atom stereocenters. The average Bonchev–Trinajstić information content (AvgIpc) is 2.94. The zero-order chi connectivity index (χ0) is 13.1. The molecule has 19 heavy (non-hydrogen) atoms. The van der Waals surface area contributed by atoms with E-state index >= 15 is 0 Å². The normalized spacial score (nSPS) is 19.7. The highest BCUT2D eigenvalue weighted by atomic mass is 16.5. The predicted octanol–water partition coefficient (Wildman–Crippen LogP) is 1.75. The molecular formula is C13H19N5O. The highest BCUT2D eigenvalue weighted by molar-refractivity contribution is 5.82. The fraction of sp³-hybridized carbons (Fsp3) is 0.615. The van der Waals surface area contributed by atoms with Crippen molar-refractivity contribution in [3.8, 4) is 0 Å². The van der Waals surface area contributed by atoms with Crippen LogP contribution in [-0.4, -0.2) is 46.2 Å². The van der Waals surface area contributed by atoms with Gasteiger partial charge in [0.05, 0.1) is 12.4 Å². The van der Waals surface area contributed by atoms with Gasteiger partial charge in [0.1, 0.15) is 11.8 Å². The van der Waals surface area contributed by atoms with Crippen molar-refractivity contribution in [1.29, 1.82) is 0 Å². The molecule has 0 saturated carbocycles. The van der Waals surface area contributed by atoms with E-state index in [1.54, 1.807) is 12.7 Å². The number of hydrogen-bond donors (Lipinski definition) is 1. The second-order valence-corrected chi connectivity index (χ2v) is 5.00. The Labute approximate surface area is 112 Å². The third kappa shape index (κ3) is 2.68. The van der Waals surface area contributed by atoms with Crippen molar-refractivity contribution in [2.75, 3.05) is 25.1 Å². The minimum absolute atomic E-state index is 0.398. The molecule has 1 aliphatic heterocycles. The average molecular weight is 261 g/mol. The Hall–Kier alpha value is -1.69. The molecule has 0 aromatic carbocycles. The number of fused-ring (bicyclic) bond motifs is 1. The summed E-state index contributed by atoms with van der Waals surface area (Å²) in [6, 6.07) is 0. The molecule has 1 aliphatic rings. The molecule has 3 rings (SSSR count). The van der Waals surface area contributed by atoms with Crippen molar-refractivity contribution in [3.05, 3.63) is 12.7 Å². The van der Waals surface area contributed by atoms with Crippen LogP contribution in [-0.2, 0) is 4.74 Å². The molecule has 0 bridgehead atoms. The maximum absolute atomic E-state index is 5.76. The minimum Gasteiger partial charge on any atom is -0.378 e. The molecule has 3 heterocycles. The molecule has 1 saturated heterocycles. The van der Waals surface area contributed by atoms with Gasteiger partial charge in [-0.05, 0) is 25.7 Å². The quantitative estimate of drug-likeness (QED) is 0.908. The molecule has 2 aromatic heterocycles. The molecule has 0 radical (unpaired) electrons. The summed E-state index contributed by atoms with van der Waals surface area (Å²) in [5.41, 5.74) is 1.61. The Bertz CT molecular complexity index is 535. The summed E-state index contributed by atoms with van der Waals surface area (Å²) in [5.74, 6) is 0.901. The third-order valence-corrected chi connectivity index (χ3v) is 3.63. The first-order valence-corrected chi connectivity index (χ1v) is 6.81. The molecule has 0 spiro atoms. The number of rotatable bonds is 4. The van der Waals surface area contributed by atoms with Crippen molar-refractivity contribution >= 4 is 17.0 Å². The van der Waals surface area contributed by atoms with E-state index in [1.165, 1.54) is 19.3 Å². The molecule has 1 N–H and O–H groups in total. The Balaban J connectivity index is 1.66. The zero-order valence-corrected chi connectivity index (χ0v) is 11.2. The van der Waals surface area contributed by atoms with Crippen LogP contribution >= 0.6 is 0 Å². The number of nitrogens with one attached hydrogen (secondary N) is 1. The van der Waals surface area contributed by atoms with E-state index < -0.39 is 0 Å². The van der Waals surface area contributed by atoms with Gasteiger partial charge in [0.2, 0.25) is 0 Å². The zero-order valence-electron chi connectivity index (χ0n) is 11.2. The first-order valence-electron chi connectivity index (χ1n) is 6.81.